The molecule has 108 valence electrons. The lowest BCUT2D eigenvalue weighted by atomic mass is 10.3. The Labute approximate surface area is 110 Å². The van der Waals surface area contributed by atoms with Crippen LogP contribution in [0.5, 0.6) is 5.75 Å². The fraction of sp³-hybridized carbons (Fsp3) is 0.400. The van der Waals surface area contributed by atoms with Gasteiger partial charge in [-0.3, -0.25) is 0 Å². The SMILES string of the molecule is CS(=O)(=O)CCCS(=O)(=O)Oc1ccc(F)c(F)c1. The van der Waals surface area contributed by atoms with Crippen LogP contribution in [0.15, 0.2) is 18.2 Å². The Morgan fingerprint density at radius 3 is 2.21 bits per heavy atom. The maximum Gasteiger partial charge on any atom is 0.309 e. The smallest absolute Gasteiger partial charge is 0.309 e. The molecule has 0 aliphatic carbocycles. The minimum atomic E-state index is -4.04. The number of hydrogen-bond donors (Lipinski definition) is 0. The highest BCUT2D eigenvalue weighted by molar-refractivity contribution is 7.90. The molecule has 0 atom stereocenters. The van der Waals surface area contributed by atoms with E-state index in [1.807, 2.05) is 0 Å². The summed E-state index contributed by atoms with van der Waals surface area (Å²) < 4.78 is 74.5. The monoisotopic (exact) mass is 314 g/mol. The number of benzene rings is 1. The van der Waals surface area contributed by atoms with Crippen molar-refractivity contribution in [3.05, 3.63) is 29.8 Å². The van der Waals surface area contributed by atoms with Crippen LogP contribution in [0.25, 0.3) is 0 Å². The van der Waals surface area contributed by atoms with Crippen molar-refractivity contribution in [2.24, 2.45) is 0 Å². The van der Waals surface area contributed by atoms with Gasteiger partial charge in [0.2, 0.25) is 0 Å². The van der Waals surface area contributed by atoms with Crippen molar-refractivity contribution in [2.45, 2.75) is 6.42 Å². The summed E-state index contributed by atoms with van der Waals surface area (Å²) in [4.78, 5) is 0. The summed E-state index contributed by atoms with van der Waals surface area (Å²) in [6.07, 6.45) is 0.848. The minimum absolute atomic E-state index is 0.134. The minimum Gasteiger partial charge on any atom is -0.382 e. The number of sulfone groups is 1. The Balaban J connectivity index is 2.66. The zero-order valence-electron chi connectivity index (χ0n) is 9.97. The molecule has 19 heavy (non-hydrogen) atoms. The molecule has 1 rings (SSSR count). The van der Waals surface area contributed by atoms with Crippen LogP contribution in [0.4, 0.5) is 8.78 Å². The molecule has 0 heterocycles. The standard InChI is InChI=1S/C10H12F2O5S2/c1-18(13,14)5-2-6-19(15,16)17-8-3-4-9(11)10(12)7-8/h3-4,7H,2,5-6H2,1H3. The van der Waals surface area contributed by atoms with Crippen molar-refractivity contribution < 1.29 is 29.8 Å². The van der Waals surface area contributed by atoms with E-state index in [0.29, 0.717) is 6.07 Å². The third-order valence-electron chi connectivity index (χ3n) is 2.02. The number of rotatable bonds is 6. The first kappa shape index (κ1) is 15.8. The molecule has 0 aliphatic rings. The second-order valence-electron chi connectivity index (χ2n) is 3.90. The number of halogens is 2. The molecule has 5 nitrogen and oxygen atoms in total. The van der Waals surface area contributed by atoms with Crippen molar-refractivity contribution in [3.8, 4) is 5.75 Å². The molecule has 9 heteroatoms. The van der Waals surface area contributed by atoms with Gasteiger partial charge in [-0.15, -0.1) is 0 Å². The fourth-order valence-electron chi connectivity index (χ4n) is 1.21. The summed E-state index contributed by atoms with van der Waals surface area (Å²) in [5.41, 5.74) is 0. The molecule has 0 fully saturated rings. The maximum absolute atomic E-state index is 12.8. The molecule has 0 saturated carbocycles. The van der Waals surface area contributed by atoms with Crippen LogP contribution >= 0.6 is 0 Å². The van der Waals surface area contributed by atoms with Crippen LogP contribution in [0.3, 0.4) is 0 Å². The molecule has 0 radical (unpaired) electrons. The average Bonchev–Trinajstić information content (AvgIpc) is 2.20. The quantitative estimate of drug-likeness (QED) is 0.735. The van der Waals surface area contributed by atoms with E-state index in [9.17, 15) is 25.6 Å². The summed E-state index contributed by atoms with van der Waals surface area (Å²) in [6.45, 7) is 0. The second-order valence-corrected chi connectivity index (χ2v) is 7.85. The van der Waals surface area contributed by atoms with Gasteiger partial charge in [-0.05, 0) is 18.6 Å². The molecular weight excluding hydrogens is 302 g/mol. The van der Waals surface area contributed by atoms with Gasteiger partial charge >= 0.3 is 10.1 Å². The van der Waals surface area contributed by atoms with Gasteiger partial charge in [-0.2, -0.15) is 8.42 Å². The van der Waals surface area contributed by atoms with Gasteiger partial charge in [-0.1, -0.05) is 0 Å². The Morgan fingerprint density at radius 1 is 1.05 bits per heavy atom. The van der Waals surface area contributed by atoms with Gasteiger partial charge < -0.3 is 4.18 Å². The van der Waals surface area contributed by atoms with Crippen LogP contribution in [0, 0.1) is 11.6 Å². The summed E-state index contributed by atoms with van der Waals surface area (Å²) in [5.74, 6) is -3.55. The first-order valence-corrected chi connectivity index (χ1v) is 8.78. The molecule has 1 aromatic rings. The van der Waals surface area contributed by atoms with E-state index in [4.69, 9.17) is 0 Å². The van der Waals surface area contributed by atoms with E-state index in [2.05, 4.69) is 4.18 Å². The van der Waals surface area contributed by atoms with Crippen molar-refractivity contribution in [1.82, 2.24) is 0 Å². The van der Waals surface area contributed by atoms with E-state index in [1.54, 1.807) is 0 Å². The molecule has 0 bridgehead atoms. The lowest BCUT2D eigenvalue weighted by molar-refractivity contribution is 0.471. The first-order chi connectivity index (χ1) is 8.59. The molecule has 0 N–H and O–H groups in total. The third-order valence-corrected chi connectivity index (χ3v) is 4.29. The van der Waals surface area contributed by atoms with Crippen molar-refractivity contribution in [1.29, 1.82) is 0 Å². The molecular formula is C10H12F2O5S2. The van der Waals surface area contributed by atoms with Gasteiger partial charge in [0.05, 0.1) is 11.5 Å². The fourth-order valence-corrected chi connectivity index (χ4v) is 3.04. The van der Waals surface area contributed by atoms with E-state index in [-0.39, 0.29) is 17.9 Å². The Kier molecular flexibility index (Phi) is 4.86. The van der Waals surface area contributed by atoms with Crippen molar-refractivity contribution >= 4 is 20.0 Å². The molecule has 0 saturated heterocycles. The molecule has 0 spiro atoms. The Morgan fingerprint density at radius 2 is 1.68 bits per heavy atom. The average molecular weight is 314 g/mol. The zero-order valence-corrected chi connectivity index (χ0v) is 11.6. The first-order valence-electron chi connectivity index (χ1n) is 5.14. The highest BCUT2D eigenvalue weighted by Gasteiger charge is 2.15. The van der Waals surface area contributed by atoms with Gasteiger partial charge in [-0.25, -0.2) is 17.2 Å². The normalized spacial score (nSPS) is 12.4. The lowest BCUT2D eigenvalue weighted by Gasteiger charge is -2.06. The number of hydrogen-bond acceptors (Lipinski definition) is 5. The summed E-state index contributed by atoms with van der Waals surface area (Å²) in [6, 6.07) is 2.30. The van der Waals surface area contributed by atoms with E-state index in [0.717, 1.165) is 18.4 Å². The maximum atomic E-state index is 12.8. The molecule has 0 aromatic heterocycles. The van der Waals surface area contributed by atoms with Gasteiger partial charge in [0, 0.05) is 12.3 Å². The van der Waals surface area contributed by atoms with Crippen molar-refractivity contribution in [2.75, 3.05) is 17.8 Å². The Hall–Kier alpha value is -1.22. The summed E-state index contributed by atoms with van der Waals surface area (Å²) in [7, 11) is -7.30. The van der Waals surface area contributed by atoms with Crippen LogP contribution in [-0.4, -0.2) is 34.6 Å². The second kappa shape index (κ2) is 5.83. The van der Waals surface area contributed by atoms with Crippen LogP contribution in [0.1, 0.15) is 6.42 Å². The third kappa shape index (κ3) is 5.97. The molecule has 1 aromatic carbocycles. The summed E-state index contributed by atoms with van der Waals surface area (Å²) >= 11 is 0. The predicted molar refractivity (Wildman–Crippen MR) is 65.1 cm³/mol. The lowest BCUT2D eigenvalue weighted by Crippen LogP contribution is -2.16. The molecule has 0 amide bonds. The van der Waals surface area contributed by atoms with Crippen LogP contribution < -0.4 is 4.18 Å². The highest BCUT2D eigenvalue weighted by Crippen LogP contribution is 2.17. The van der Waals surface area contributed by atoms with Gasteiger partial charge in [0.15, 0.2) is 11.6 Å². The van der Waals surface area contributed by atoms with Crippen molar-refractivity contribution in [3.63, 3.8) is 0 Å². The highest BCUT2D eigenvalue weighted by atomic mass is 32.2. The van der Waals surface area contributed by atoms with E-state index in [1.165, 1.54) is 0 Å². The molecule has 0 aliphatic heterocycles. The predicted octanol–water partition coefficient (Wildman–Crippen LogP) is 1.11. The zero-order chi connectivity index (χ0) is 14.7. The Bertz CT molecular complexity index is 652. The van der Waals surface area contributed by atoms with E-state index < -0.39 is 37.3 Å². The largest absolute Gasteiger partial charge is 0.382 e. The van der Waals surface area contributed by atoms with Crippen LogP contribution in [0.2, 0.25) is 0 Å². The van der Waals surface area contributed by atoms with Crippen LogP contribution in [-0.2, 0) is 20.0 Å². The molecule has 0 unspecified atom stereocenters. The topological polar surface area (TPSA) is 77.5 Å². The summed E-state index contributed by atoms with van der Waals surface area (Å²) in [5, 5.41) is 0. The van der Waals surface area contributed by atoms with Gasteiger partial charge in [0.1, 0.15) is 15.6 Å². The van der Waals surface area contributed by atoms with E-state index >= 15 is 0 Å². The van der Waals surface area contributed by atoms with Gasteiger partial charge in [0.25, 0.3) is 0 Å².